The highest BCUT2D eigenvalue weighted by Gasteiger charge is 2.17. The van der Waals surface area contributed by atoms with E-state index < -0.39 is 12.1 Å². The van der Waals surface area contributed by atoms with Gasteiger partial charge in [-0.3, -0.25) is 4.79 Å². The molecular weight excluding hydrogens is 410 g/mol. The van der Waals surface area contributed by atoms with Gasteiger partial charge in [0.25, 0.3) is 0 Å². The summed E-state index contributed by atoms with van der Waals surface area (Å²) < 4.78 is 0. The highest BCUT2D eigenvalue weighted by molar-refractivity contribution is 5.76. The van der Waals surface area contributed by atoms with Gasteiger partial charge in [0.1, 0.15) is 0 Å². The third-order valence-corrected chi connectivity index (χ3v) is 6.19. The summed E-state index contributed by atoms with van der Waals surface area (Å²) in [6, 6.07) is -0.629. The summed E-state index contributed by atoms with van der Waals surface area (Å²) in [5.74, 6) is -0.0826. The van der Waals surface area contributed by atoms with Crippen LogP contribution in [0.4, 0.5) is 0 Å². The minimum Gasteiger partial charge on any atom is -0.394 e. The van der Waals surface area contributed by atoms with Gasteiger partial charge in [0.2, 0.25) is 5.91 Å². The number of amides is 1. The van der Waals surface area contributed by atoms with Gasteiger partial charge in [0.15, 0.2) is 0 Å². The van der Waals surface area contributed by atoms with Gasteiger partial charge < -0.3 is 15.5 Å². The van der Waals surface area contributed by atoms with E-state index in [1.165, 1.54) is 83.5 Å². The Morgan fingerprint density at radius 1 is 0.697 bits per heavy atom. The second-order valence-corrected chi connectivity index (χ2v) is 9.46. The van der Waals surface area contributed by atoms with Gasteiger partial charge in [-0.25, -0.2) is 0 Å². The molecule has 0 aromatic rings. The lowest BCUT2D eigenvalue weighted by molar-refractivity contribution is -0.123. The second kappa shape index (κ2) is 25.5. The third kappa shape index (κ3) is 22.4. The zero-order valence-electron chi connectivity index (χ0n) is 21.9. The zero-order chi connectivity index (χ0) is 24.4. The lowest BCUT2D eigenvalue weighted by atomic mass is 10.1. The Balaban J connectivity index is 3.78. The first-order chi connectivity index (χ1) is 16.2. The summed E-state index contributed by atoms with van der Waals surface area (Å²) in [6.07, 6.45) is 29.6. The quantitative estimate of drug-likeness (QED) is 0.103. The molecule has 194 valence electrons. The molecule has 4 heteroatoms. The fraction of sp³-hybridized carbons (Fsp3) is 0.828. The maximum atomic E-state index is 12.1. The molecule has 1 amide bonds. The standard InChI is InChI=1S/C29H55NO3/c1-3-5-7-9-11-13-14-15-16-17-18-20-22-24-28(32)27(26-31)30-29(33)25-23-21-19-12-10-8-6-4-2/h16-17,22,24,27-28,31-32H,3-15,18-21,23,25-26H2,1-2H3,(H,30,33)/b17-16+,24-22+. The number of hydrogen-bond acceptors (Lipinski definition) is 3. The highest BCUT2D eigenvalue weighted by Crippen LogP contribution is 2.10. The van der Waals surface area contributed by atoms with Crippen LogP contribution >= 0.6 is 0 Å². The topological polar surface area (TPSA) is 69.6 Å². The van der Waals surface area contributed by atoms with E-state index >= 15 is 0 Å². The number of unbranched alkanes of at least 4 members (excludes halogenated alkanes) is 15. The average molecular weight is 466 g/mol. The average Bonchev–Trinajstić information content (AvgIpc) is 2.82. The molecule has 0 spiro atoms. The fourth-order valence-electron chi connectivity index (χ4n) is 3.95. The van der Waals surface area contributed by atoms with Gasteiger partial charge in [-0.1, -0.05) is 122 Å². The number of nitrogens with one attached hydrogen (secondary N) is 1. The Bertz CT molecular complexity index is 475. The van der Waals surface area contributed by atoms with Crippen molar-refractivity contribution in [3.05, 3.63) is 24.3 Å². The van der Waals surface area contributed by atoms with Gasteiger partial charge in [0.05, 0.1) is 18.8 Å². The van der Waals surface area contributed by atoms with Crippen molar-refractivity contribution in [2.24, 2.45) is 0 Å². The monoisotopic (exact) mass is 465 g/mol. The van der Waals surface area contributed by atoms with Crippen molar-refractivity contribution < 1.29 is 15.0 Å². The number of aliphatic hydroxyl groups is 2. The minimum atomic E-state index is -0.853. The number of carbonyl (C=O) groups excluding carboxylic acids is 1. The Labute approximate surface area is 205 Å². The Morgan fingerprint density at radius 2 is 1.18 bits per heavy atom. The maximum Gasteiger partial charge on any atom is 0.220 e. The summed E-state index contributed by atoms with van der Waals surface area (Å²) in [5.41, 5.74) is 0. The molecule has 3 N–H and O–H groups in total. The van der Waals surface area contributed by atoms with Crippen molar-refractivity contribution in [2.45, 2.75) is 148 Å². The highest BCUT2D eigenvalue weighted by atomic mass is 16.3. The molecule has 0 aliphatic carbocycles. The van der Waals surface area contributed by atoms with Crippen molar-refractivity contribution >= 4 is 5.91 Å². The van der Waals surface area contributed by atoms with E-state index in [1.54, 1.807) is 6.08 Å². The molecule has 0 aliphatic heterocycles. The van der Waals surface area contributed by atoms with Gasteiger partial charge in [0, 0.05) is 6.42 Å². The van der Waals surface area contributed by atoms with E-state index in [1.807, 2.05) is 6.08 Å². The summed E-state index contributed by atoms with van der Waals surface area (Å²) in [5, 5.41) is 22.6. The van der Waals surface area contributed by atoms with Crippen LogP contribution in [0.5, 0.6) is 0 Å². The van der Waals surface area contributed by atoms with Crippen molar-refractivity contribution in [1.29, 1.82) is 0 Å². The molecule has 0 aromatic carbocycles. The van der Waals surface area contributed by atoms with Crippen molar-refractivity contribution in [2.75, 3.05) is 6.61 Å². The Hall–Kier alpha value is -1.13. The molecule has 0 saturated heterocycles. The van der Waals surface area contributed by atoms with Crippen LogP contribution in [0.2, 0.25) is 0 Å². The molecule has 2 atom stereocenters. The predicted octanol–water partition coefficient (Wildman–Crippen LogP) is 7.39. The molecule has 2 unspecified atom stereocenters. The van der Waals surface area contributed by atoms with Crippen molar-refractivity contribution in [1.82, 2.24) is 5.32 Å². The Morgan fingerprint density at radius 3 is 1.76 bits per heavy atom. The van der Waals surface area contributed by atoms with Crippen LogP contribution in [0.25, 0.3) is 0 Å². The van der Waals surface area contributed by atoms with E-state index in [0.717, 1.165) is 32.1 Å². The van der Waals surface area contributed by atoms with E-state index in [0.29, 0.717) is 6.42 Å². The molecule has 0 bridgehead atoms. The van der Waals surface area contributed by atoms with Crippen LogP contribution in [0, 0.1) is 0 Å². The smallest absolute Gasteiger partial charge is 0.220 e. The number of allylic oxidation sites excluding steroid dienone is 3. The Kier molecular flexibility index (Phi) is 24.6. The van der Waals surface area contributed by atoms with Crippen LogP contribution in [-0.2, 0) is 4.79 Å². The van der Waals surface area contributed by atoms with Gasteiger partial charge in [-0.15, -0.1) is 0 Å². The first-order valence-corrected chi connectivity index (χ1v) is 14.1. The summed E-state index contributed by atoms with van der Waals surface area (Å²) >= 11 is 0. The summed E-state index contributed by atoms with van der Waals surface area (Å²) in [4.78, 5) is 12.1. The molecule has 33 heavy (non-hydrogen) atoms. The molecule has 0 saturated carbocycles. The number of carbonyl (C=O) groups is 1. The molecule has 0 fully saturated rings. The van der Waals surface area contributed by atoms with Crippen molar-refractivity contribution in [3.8, 4) is 0 Å². The van der Waals surface area contributed by atoms with Gasteiger partial charge >= 0.3 is 0 Å². The zero-order valence-corrected chi connectivity index (χ0v) is 21.9. The fourth-order valence-corrected chi connectivity index (χ4v) is 3.95. The van der Waals surface area contributed by atoms with Gasteiger partial charge in [-0.2, -0.15) is 0 Å². The first-order valence-electron chi connectivity index (χ1n) is 14.1. The molecule has 4 nitrogen and oxygen atoms in total. The third-order valence-electron chi connectivity index (χ3n) is 6.19. The normalized spacial score (nSPS) is 13.7. The van der Waals surface area contributed by atoms with E-state index in [4.69, 9.17) is 0 Å². The van der Waals surface area contributed by atoms with Crippen LogP contribution < -0.4 is 5.32 Å². The summed E-state index contributed by atoms with van der Waals surface area (Å²) in [6.45, 7) is 4.22. The minimum absolute atomic E-state index is 0.0826. The number of hydrogen-bond donors (Lipinski definition) is 3. The lowest BCUT2D eigenvalue weighted by Gasteiger charge is -2.19. The largest absolute Gasteiger partial charge is 0.394 e. The van der Waals surface area contributed by atoms with E-state index in [-0.39, 0.29) is 12.5 Å². The molecular formula is C29H55NO3. The van der Waals surface area contributed by atoms with Crippen LogP contribution in [-0.4, -0.2) is 34.9 Å². The molecule has 0 aromatic heterocycles. The summed E-state index contributed by atoms with van der Waals surface area (Å²) in [7, 11) is 0. The first kappa shape index (κ1) is 31.9. The van der Waals surface area contributed by atoms with Gasteiger partial charge in [-0.05, 0) is 32.1 Å². The van der Waals surface area contributed by atoms with Crippen molar-refractivity contribution in [3.63, 3.8) is 0 Å². The number of aliphatic hydroxyl groups excluding tert-OH is 2. The van der Waals surface area contributed by atoms with E-state index in [2.05, 4.69) is 31.3 Å². The molecule has 0 heterocycles. The van der Waals surface area contributed by atoms with Crippen LogP contribution in [0.1, 0.15) is 136 Å². The SMILES string of the molecule is CCCCCCCCC/C=C/CC/C=C/C(O)C(CO)NC(=O)CCCCCCCCCC. The van der Waals surface area contributed by atoms with Crippen LogP contribution in [0.3, 0.4) is 0 Å². The predicted molar refractivity (Wildman–Crippen MR) is 142 cm³/mol. The van der Waals surface area contributed by atoms with E-state index in [9.17, 15) is 15.0 Å². The molecule has 0 aliphatic rings. The number of rotatable bonds is 24. The maximum absolute atomic E-state index is 12.1. The lowest BCUT2D eigenvalue weighted by Crippen LogP contribution is -2.45. The molecule has 0 rings (SSSR count). The van der Waals surface area contributed by atoms with Crippen LogP contribution in [0.15, 0.2) is 24.3 Å². The molecule has 0 radical (unpaired) electrons. The second-order valence-electron chi connectivity index (χ2n) is 9.46.